The summed E-state index contributed by atoms with van der Waals surface area (Å²) in [6, 6.07) is 0. The van der Waals surface area contributed by atoms with Crippen LogP contribution in [0.15, 0.2) is 12.7 Å². The number of rotatable bonds is 7. The molecular formula is C8H14O6. The summed E-state index contributed by atoms with van der Waals surface area (Å²) in [6.45, 7) is 2.99. The van der Waals surface area contributed by atoms with Gasteiger partial charge in [0.25, 0.3) is 0 Å². The van der Waals surface area contributed by atoms with E-state index in [1.165, 1.54) is 6.08 Å². The third-order valence-electron chi connectivity index (χ3n) is 1.31. The van der Waals surface area contributed by atoms with Crippen LogP contribution in [0.4, 0.5) is 4.79 Å². The van der Waals surface area contributed by atoms with E-state index in [9.17, 15) is 9.90 Å². The average Bonchev–Trinajstić information content (AvgIpc) is 2.12. The van der Waals surface area contributed by atoms with Crippen LogP contribution in [-0.4, -0.2) is 47.1 Å². The van der Waals surface area contributed by atoms with E-state index in [1.54, 1.807) is 0 Å². The van der Waals surface area contributed by atoms with Gasteiger partial charge >= 0.3 is 6.16 Å². The zero-order chi connectivity index (χ0) is 11.0. The minimum atomic E-state index is -1.55. The molecular weight excluding hydrogens is 192 g/mol. The molecule has 6 heteroatoms. The van der Waals surface area contributed by atoms with Gasteiger partial charge in [0.15, 0.2) is 0 Å². The molecule has 0 spiro atoms. The van der Waals surface area contributed by atoms with Crippen molar-refractivity contribution in [1.82, 2.24) is 0 Å². The Bertz CT molecular complexity index is 181. The summed E-state index contributed by atoms with van der Waals surface area (Å²) >= 11 is 0. The van der Waals surface area contributed by atoms with Crippen LogP contribution in [0, 0.1) is 0 Å². The maximum absolute atomic E-state index is 10.2. The van der Waals surface area contributed by atoms with Crippen molar-refractivity contribution in [2.45, 2.75) is 18.8 Å². The summed E-state index contributed by atoms with van der Waals surface area (Å²) in [5.41, 5.74) is 0. The van der Waals surface area contributed by atoms with Gasteiger partial charge in [0.2, 0.25) is 6.29 Å². The zero-order valence-electron chi connectivity index (χ0n) is 7.63. The van der Waals surface area contributed by atoms with Crippen molar-refractivity contribution in [3.05, 3.63) is 12.7 Å². The summed E-state index contributed by atoms with van der Waals surface area (Å²) < 4.78 is 9.02. The Morgan fingerprint density at radius 3 is 2.64 bits per heavy atom. The van der Waals surface area contributed by atoms with Gasteiger partial charge in [0, 0.05) is 0 Å². The molecule has 6 nitrogen and oxygen atoms in total. The summed E-state index contributed by atoms with van der Waals surface area (Å²) in [4.78, 5) is 10.2. The monoisotopic (exact) mass is 206 g/mol. The molecule has 2 atom stereocenters. The minimum Gasteiger partial charge on any atom is -0.450 e. The quantitative estimate of drug-likeness (QED) is 0.307. The second kappa shape index (κ2) is 7.31. The van der Waals surface area contributed by atoms with Crippen molar-refractivity contribution in [2.24, 2.45) is 0 Å². The SMILES string of the molecule is C=CCC(O)C(OCCO)OC(=O)O. The van der Waals surface area contributed by atoms with Gasteiger partial charge in [-0.2, -0.15) is 0 Å². The van der Waals surface area contributed by atoms with Gasteiger partial charge in [-0.3, -0.25) is 0 Å². The van der Waals surface area contributed by atoms with E-state index >= 15 is 0 Å². The lowest BCUT2D eigenvalue weighted by atomic mass is 10.2. The second-order valence-electron chi connectivity index (χ2n) is 2.44. The van der Waals surface area contributed by atoms with Gasteiger partial charge < -0.3 is 24.8 Å². The van der Waals surface area contributed by atoms with Crippen LogP contribution in [0.25, 0.3) is 0 Å². The Hall–Kier alpha value is -1.11. The molecule has 3 N–H and O–H groups in total. The normalized spacial score (nSPS) is 14.4. The van der Waals surface area contributed by atoms with Crippen molar-refractivity contribution in [3.8, 4) is 0 Å². The Morgan fingerprint density at radius 2 is 2.21 bits per heavy atom. The standard InChI is InChI=1S/C8H14O6/c1-2-3-6(10)7(13-5-4-9)14-8(11)12/h2,6-7,9-10H,1,3-5H2,(H,11,12). The topological polar surface area (TPSA) is 96.2 Å². The van der Waals surface area contributed by atoms with Crippen LogP contribution >= 0.6 is 0 Å². The van der Waals surface area contributed by atoms with Gasteiger partial charge in [-0.15, -0.1) is 6.58 Å². The van der Waals surface area contributed by atoms with Crippen LogP contribution in [0.1, 0.15) is 6.42 Å². The molecule has 0 saturated carbocycles. The molecule has 0 aliphatic heterocycles. The highest BCUT2D eigenvalue weighted by molar-refractivity contribution is 5.56. The first-order chi connectivity index (χ1) is 6.61. The van der Waals surface area contributed by atoms with Gasteiger partial charge in [0.1, 0.15) is 6.10 Å². The first-order valence-electron chi connectivity index (χ1n) is 4.02. The summed E-state index contributed by atoms with van der Waals surface area (Å²) in [5.74, 6) is 0. The van der Waals surface area contributed by atoms with Gasteiger partial charge in [-0.05, 0) is 6.42 Å². The lowest BCUT2D eigenvalue weighted by Gasteiger charge is -2.20. The fourth-order valence-electron chi connectivity index (χ4n) is 0.774. The van der Waals surface area contributed by atoms with Crippen molar-refractivity contribution < 1.29 is 29.6 Å². The van der Waals surface area contributed by atoms with E-state index < -0.39 is 18.5 Å². The number of ether oxygens (including phenoxy) is 2. The predicted molar refractivity (Wildman–Crippen MR) is 46.8 cm³/mol. The lowest BCUT2D eigenvalue weighted by molar-refractivity contribution is -0.173. The van der Waals surface area contributed by atoms with E-state index in [0.29, 0.717) is 0 Å². The van der Waals surface area contributed by atoms with Crippen LogP contribution < -0.4 is 0 Å². The molecule has 0 saturated heterocycles. The van der Waals surface area contributed by atoms with E-state index in [0.717, 1.165) is 0 Å². The molecule has 2 unspecified atom stereocenters. The second-order valence-corrected chi connectivity index (χ2v) is 2.44. The molecule has 0 rings (SSSR count). The number of carbonyl (C=O) groups is 1. The Balaban J connectivity index is 4.06. The molecule has 0 fully saturated rings. The molecule has 0 bridgehead atoms. The highest BCUT2D eigenvalue weighted by atomic mass is 16.8. The lowest BCUT2D eigenvalue weighted by Crippen LogP contribution is -2.34. The Morgan fingerprint density at radius 1 is 1.57 bits per heavy atom. The molecule has 0 aromatic rings. The highest BCUT2D eigenvalue weighted by Gasteiger charge is 2.22. The summed E-state index contributed by atoms with van der Waals surface area (Å²) in [6.07, 6.45) is -2.40. The molecule has 0 aliphatic carbocycles. The predicted octanol–water partition coefficient (Wildman–Crippen LogP) is -0.0470. The molecule has 0 heterocycles. The number of aliphatic hydroxyl groups excluding tert-OH is 2. The van der Waals surface area contributed by atoms with Crippen LogP contribution in [0.3, 0.4) is 0 Å². The Labute approximate surface area is 81.4 Å². The van der Waals surface area contributed by atoms with E-state index in [-0.39, 0.29) is 19.6 Å². The first kappa shape index (κ1) is 12.9. The molecule has 14 heavy (non-hydrogen) atoms. The molecule has 0 aromatic heterocycles. The van der Waals surface area contributed by atoms with Crippen molar-refractivity contribution in [2.75, 3.05) is 13.2 Å². The van der Waals surface area contributed by atoms with E-state index in [2.05, 4.69) is 11.3 Å². The van der Waals surface area contributed by atoms with Crippen molar-refractivity contribution >= 4 is 6.16 Å². The minimum absolute atomic E-state index is 0.105. The number of hydrogen-bond acceptors (Lipinski definition) is 5. The molecule has 0 radical (unpaired) electrons. The highest BCUT2D eigenvalue weighted by Crippen LogP contribution is 2.06. The maximum Gasteiger partial charge on any atom is 0.508 e. The fraction of sp³-hybridized carbons (Fsp3) is 0.625. The summed E-state index contributed by atoms with van der Waals surface area (Å²) in [7, 11) is 0. The first-order valence-corrected chi connectivity index (χ1v) is 4.02. The smallest absolute Gasteiger partial charge is 0.450 e. The number of hydrogen-bond donors (Lipinski definition) is 3. The third kappa shape index (κ3) is 5.52. The van der Waals surface area contributed by atoms with Crippen LogP contribution in [-0.2, 0) is 9.47 Å². The maximum atomic E-state index is 10.2. The Kier molecular flexibility index (Phi) is 6.73. The molecule has 0 aliphatic rings. The van der Waals surface area contributed by atoms with E-state index in [1.807, 2.05) is 0 Å². The van der Waals surface area contributed by atoms with Gasteiger partial charge in [0.05, 0.1) is 13.2 Å². The third-order valence-corrected chi connectivity index (χ3v) is 1.31. The molecule has 0 amide bonds. The van der Waals surface area contributed by atoms with Crippen LogP contribution in [0.2, 0.25) is 0 Å². The van der Waals surface area contributed by atoms with Crippen molar-refractivity contribution in [3.63, 3.8) is 0 Å². The van der Waals surface area contributed by atoms with Gasteiger partial charge in [-0.1, -0.05) is 6.08 Å². The fourth-order valence-corrected chi connectivity index (χ4v) is 0.774. The van der Waals surface area contributed by atoms with Gasteiger partial charge in [-0.25, -0.2) is 4.79 Å². The zero-order valence-corrected chi connectivity index (χ0v) is 7.63. The molecule has 82 valence electrons. The largest absolute Gasteiger partial charge is 0.508 e. The number of aliphatic hydroxyl groups is 2. The summed E-state index contributed by atoms with van der Waals surface area (Å²) in [5, 5.41) is 26.0. The van der Waals surface area contributed by atoms with Crippen molar-refractivity contribution in [1.29, 1.82) is 0 Å². The van der Waals surface area contributed by atoms with Crippen LogP contribution in [0.5, 0.6) is 0 Å². The molecule has 0 aromatic carbocycles. The number of carboxylic acid groups (broad SMARTS) is 1. The van der Waals surface area contributed by atoms with E-state index in [4.69, 9.17) is 14.9 Å². The average molecular weight is 206 g/mol.